The molecule has 3 N–H and O–H groups in total. The SMILES string of the molecule is CC(C)CCCC(C)[C@H]1CCC2C3CC=C4C[C@@H](N(CCCNC(=O)CCNC(=O)CCCCCNc5ccc([N+](=O)[O-])cc5[N+](=O)[O-])S(=O)(=O)c5ccccc5[N+](=O)[O-])CC[C@]4(C)C3CC[C@@]21C. The average molecular weight is 978 g/mol. The molecule has 0 saturated heterocycles. The lowest BCUT2D eigenvalue weighted by molar-refractivity contribution is -0.393. The molecule has 0 heterocycles. The van der Waals surface area contributed by atoms with E-state index in [2.05, 4.69) is 56.6 Å². The second-order valence-corrected chi connectivity index (χ2v) is 23.1. The Kier molecular flexibility index (Phi) is 18.0. The number of para-hydroxylation sites is 1. The molecule has 69 heavy (non-hydrogen) atoms. The number of hydrogen-bond acceptors (Lipinski definition) is 11. The van der Waals surface area contributed by atoms with Crippen LogP contribution in [0, 0.1) is 76.7 Å². The third kappa shape index (κ3) is 12.5. The fourth-order valence-electron chi connectivity index (χ4n) is 13.1. The number of unbranched alkanes of at least 4 members (excludes halogenated alkanes) is 2. The number of hydrogen-bond donors (Lipinski definition) is 3. The number of sulfonamides is 1. The van der Waals surface area contributed by atoms with Gasteiger partial charge in [-0.1, -0.05) is 84.1 Å². The van der Waals surface area contributed by atoms with Gasteiger partial charge in [-0.15, -0.1) is 0 Å². The summed E-state index contributed by atoms with van der Waals surface area (Å²) in [5.74, 6) is 3.57. The van der Waals surface area contributed by atoms with Crippen molar-refractivity contribution in [1.82, 2.24) is 14.9 Å². The number of amides is 2. The van der Waals surface area contributed by atoms with Crippen LogP contribution < -0.4 is 16.0 Å². The minimum atomic E-state index is -4.31. The number of allylic oxidation sites excluding steroid dienone is 1. The molecule has 2 aromatic rings. The number of carbonyl (C=O) groups is 2. The molecule has 0 spiro atoms. The molecule has 4 unspecified atom stereocenters. The molecule has 2 aromatic carbocycles. The summed E-state index contributed by atoms with van der Waals surface area (Å²) in [6.07, 6.45) is 16.8. The lowest BCUT2D eigenvalue weighted by Crippen LogP contribution is -2.53. The van der Waals surface area contributed by atoms with Crippen molar-refractivity contribution in [2.75, 3.05) is 31.5 Å². The molecule has 0 aliphatic heterocycles. The molecule has 380 valence electrons. The van der Waals surface area contributed by atoms with Crippen LogP contribution in [0.25, 0.3) is 0 Å². The van der Waals surface area contributed by atoms with Gasteiger partial charge in [0.25, 0.3) is 17.1 Å². The molecular formula is C51H75N7O10S. The van der Waals surface area contributed by atoms with Crippen molar-refractivity contribution in [3.05, 3.63) is 84.5 Å². The number of non-ortho nitro benzene ring substituents is 1. The number of rotatable bonds is 25. The van der Waals surface area contributed by atoms with Crippen LogP contribution in [0.15, 0.2) is 59.0 Å². The Morgan fingerprint density at radius 1 is 0.768 bits per heavy atom. The van der Waals surface area contributed by atoms with E-state index in [0.29, 0.717) is 68.2 Å². The van der Waals surface area contributed by atoms with Gasteiger partial charge in [0.2, 0.25) is 21.8 Å². The fourth-order valence-corrected chi connectivity index (χ4v) is 14.9. The molecule has 0 radical (unpaired) electrons. The van der Waals surface area contributed by atoms with Crippen molar-refractivity contribution >= 4 is 44.6 Å². The molecule has 8 atom stereocenters. The van der Waals surface area contributed by atoms with Crippen LogP contribution in [-0.2, 0) is 19.6 Å². The zero-order valence-corrected chi connectivity index (χ0v) is 42.1. The van der Waals surface area contributed by atoms with Gasteiger partial charge in [-0.25, -0.2) is 8.42 Å². The number of nitro benzene ring substituents is 3. The number of fused-ring (bicyclic) bond motifs is 5. The van der Waals surface area contributed by atoms with Gasteiger partial charge in [-0.3, -0.25) is 39.9 Å². The standard InChI is InChI=1S/C51H75N7O10S/c1-35(2)13-11-14-36(3)41-21-22-42-40-20-18-37-33-38(24-27-50(37,4)43(40)25-28-51(41,42)5)55(69(67,68)47-16-9-8-15-45(47)57(63)64)32-12-30-53-49(60)26-31-54-48(59)17-7-6-10-29-52-44-23-19-39(56(61)62)34-46(44)58(65)66/h8-9,15-16,18-19,23,34-36,38,40-43,52H,6-7,10-14,17,20-22,24-33H2,1-5H3,(H,53,60)(H,54,59)/t36?,38-,40?,41+,42?,43?,50-,51+/m0/s1. The minimum absolute atomic E-state index is 0.0252. The summed E-state index contributed by atoms with van der Waals surface area (Å²) < 4.78 is 30.6. The molecule has 17 nitrogen and oxygen atoms in total. The quantitative estimate of drug-likeness (QED) is 0.0366. The van der Waals surface area contributed by atoms with Crippen LogP contribution in [0.2, 0.25) is 0 Å². The van der Waals surface area contributed by atoms with E-state index in [1.54, 1.807) is 0 Å². The van der Waals surface area contributed by atoms with Crippen LogP contribution in [0.4, 0.5) is 22.7 Å². The van der Waals surface area contributed by atoms with E-state index in [9.17, 15) is 48.3 Å². The average Bonchev–Trinajstić information content (AvgIpc) is 3.67. The zero-order valence-electron chi connectivity index (χ0n) is 41.3. The highest BCUT2D eigenvalue weighted by Gasteiger charge is 2.59. The summed E-state index contributed by atoms with van der Waals surface area (Å²) in [5.41, 5.74) is 0.611. The maximum atomic E-state index is 14.6. The number of nitro groups is 3. The maximum Gasteiger partial charge on any atom is 0.299 e. The first-order valence-corrected chi connectivity index (χ1v) is 26.9. The van der Waals surface area contributed by atoms with Crippen molar-refractivity contribution < 1.29 is 32.8 Å². The predicted molar refractivity (Wildman–Crippen MR) is 266 cm³/mol. The second-order valence-electron chi connectivity index (χ2n) is 21.3. The Morgan fingerprint density at radius 3 is 2.22 bits per heavy atom. The van der Waals surface area contributed by atoms with Gasteiger partial charge >= 0.3 is 0 Å². The van der Waals surface area contributed by atoms with Crippen LogP contribution in [0.3, 0.4) is 0 Å². The molecule has 3 fully saturated rings. The van der Waals surface area contributed by atoms with Crippen LogP contribution in [0.1, 0.15) is 144 Å². The molecular weight excluding hydrogens is 903 g/mol. The van der Waals surface area contributed by atoms with E-state index >= 15 is 0 Å². The highest BCUT2D eigenvalue weighted by atomic mass is 32.2. The lowest BCUT2D eigenvalue weighted by atomic mass is 9.47. The van der Waals surface area contributed by atoms with Crippen molar-refractivity contribution in [3.8, 4) is 0 Å². The van der Waals surface area contributed by atoms with Crippen LogP contribution in [-0.4, -0.2) is 71.5 Å². The lowest BCUT2D eigenvalue weighted by Gasteiger charge is -2.59. The predicted octanol–water partition coefficient (Wildman–Crippen LogP) is 10.5. The topological polar surface area (TPSA) is 237 Å². The normalized spacial score (nSPS) is 25.7. The Labute approximate surface area is 407 Å². The van der Waals surface area contributed by atoms with Gasteiger partial charge in [0, 0.05) is 57.2 Å². The maximum absolute atomic E-state index is 14.6. The largest absolute Gasteiger partial charge is 0.379 e. The minimum Gasteiger partial charge on any atom is -0.379 e. The molecule has 3 saturated carbocycles. The summed E-state index contributed by atoms with van der Waals surface area (Å²) >= 11 is 0. The molecule has 2 amide bonds. The van der Waals surface area contributed by atoms with Gasteiger partial charge in [0.15, 0.2) is 4.90 Å². The number of anilines is 1. The monoisotopic (exact) mass is 978 g/mol. The summed E-state index contributed by atoms with van der Waals surface area (Å²) in [5, 5.41) is 43.0. The first-order chi connectivity index (χ1) is 32.8. The van der Waals surface area contributed by atoms with Gasteiger partial charge in [-0.2, -0.15) is 4.31 Å². The zero-order chi connectivity index (χ0) is 50.1. The van der Waals surface area contributed by atoms with Crippen molar-refractivity contribution in [3.63, 3.8) is 0 Å². The molecule has 0 bridgehead atoms. The Morgan fingerprint density at radius 2 is 1.49 bits per heavy atom. The summed E-state index contributed by atoms with van der Waals surface area (Å²) in [6, 6.07) is 8.53. The van der Waals surface area contributed by atoms with E-state index in [1.165, 1.54) is 91.2 Å². The highest BCUT2D eigenvalue weighted by molar-refractivity contribution is 7.89. The van der Waals surface area contributed by atoms with Gasteiger partial charge in [0.05, 0.1) is 20.8 Å². The molecule has 0 aromatic heterocycles. The smallest absolute Gasteiger partial charge is 0.299 e. The number of benzene rings is 2. The van der Waals surface area contributed by atoms with Crippen LogP contribution >= 0.6 is 0 Å². The van der Waals surface area contributed by atoms with Crippen molar-refractivity contribution in [2.24, 2.45) is 46.3 Å². The van der Waals surface area contributed by atoms with Gasteiger partial charge in [0.1, 0.15) is 5.69 Å². The Balaban J connectivity index is 0.995. The van der Waals surface area contributed by atoms with E-state index in [-0.39, 0.29) is 77.7 Å². The molecule has 6 rings (SSSR count). The third-order valence-electron chi connectivity index (χ3n) is 16.7. The van der Waals surface area contributed by atoms with Crippen molar-refractivity contribution in [1.29, 1.82) is 0 Å². The fraction of sp³-hybridized carbons (Fsp3) is 0.686. The van der Waals surface area contributed by atoms with E-state index in [0.717, 1.165) is 36.7 Å². The summed E-state index contributed by atoms with van der Waals surface area (Å²) in [6.45, 7) is 12.9. The van der Waals surface area contributed by atoms with E-state index in [4.69, 9.17) is 0 Å². The summed E-state index contributed by atoms with van der Waals surface area (Å²) in [7, 11) is -4.31. The summed E-state index contributed by atoms with van der Waals surface area (Å²) in [4.78, 5) is 57.4. The van der Waals surface area contributed by atoms with Crippen molar-refractivity contribution in [2.45, 2.75) is 155 Å². The second kappa shape index (κ2) is 23.3. The number of carbonyl (C=O) groups excluding carboxylic acids is 2. The van der Waals surface area contributed by atoms with E-state index < -0.39 is 30.5 Å². The third-order valence-corrected chi connectivity index (χ3v) is 18.7. The first kappa shape index (κ1) is 53.4. The molecule has 4 aliphatic rings. The Bertz CT molecular complexity index is 2330. The first-order valence-electron chi connectivity index (χ1n) is 25.4. The van der Waals surface area contributed by atoms with Gasteiger partial charge < -0.3 is 16.0 Å². The molecule has 18 heteroatoms. The highest BCUT2D eigenvalue weighted by Crippen LogP contribution is 2.67. The molecule has 4 aliphatic carbocycles. The number of nitrogens with one attached hydrogen (secondary N) is 3. The van der Waals surface area contributed by atoms with Gasteiger partial charge in [-0.05, 0) is 129 Å². The van der Waals surface area contributed by atoms with Crippen LogP contribution in [0.5, 0.6) is 0 Å². The van der Waals surface area contributed by atoms with E-state index in [1.807, 2.05) is 0 Å². The number of nitrogens with zero attached hydrogens (tertiary/aromatic N) is 4. The Hall–Kier alpha value is -4.97.